The van der Waals surface area contributed by atoms with Crippen LogP contribution in [0.4, 0.5) is 0 Å². The maximum atomic E-state index is 12.2. The van der Waals surface area contributed by atoms with E-state index in [1.54, 1.807) is 0 Å². The lowest BCUT2D eigenvalue weighted by Gasteiger charge is -2.18. The molecule has 0 aliphatic carbocycles. The summed E-state index contributed by atoms with van der Waals surface area (Å²) in [5, 5.41) is 2.87. The van der Waals surface area contributed by atoms with Gasteiger partial charge in [0.1, 0.15) is 0 Å². The van der Waals surface area contributed by atoms with Crippen LogP contribution in [-0.2, 0) is 19.4 Å². The van der Waals surface area contributed by atoms with Crippen LogP contribution in [0.3, 0.4) is 0 Å². The minimum absolute atomic E-state index is 0.00536. The number of sulfone groups is 1. The zero-order valence-electron chi connectivity index (χ0n) is 15.6. The van der Waals surface area contributed by atoms with E-state index in [1.165, 1.54) is 12.1 Å². The highest BCUT2D eigenvalue weighted by Gasteiger charge is 2.18. The van der Waals surface area contributed by atoms with Gasteiger partial charge in [-0.2, -0.15) is 0 Å². The van der Waals surface area contributed by atoms with E-state index in [0.717, 1.165) is 30.7 Å². The molecule has 0 aliphatic rings. The second-order valence-electron chi connectivity index (χ2n) is 6.31. The van der Waals surface area contributed by atoms with E-state index in [2.05, 4.69) is 5.32 Å². The van der Waals surface area contributed by atoms with Gasteiger partial charge in [0.2, 0.25) is 0 Å². The smallest absolute Gasteiger partial charge is 0.338 e. The molecule has 2 rings (SSSR count). The minimum Gasteiger partial charge on any atom is -0.452 e. The molecule has 28 heavy (non-hydrogen) atoms. The Hall–Kier alpha value is -2.38. The van der Waals surface area contributed by atoms with Gasteiger partial charge in [-0.3, -0.25) is 4.79 Å². The summed E-state index contributed by atoms with van der Waals surface area (Å²) in [6, 6.07) is 13.1. The number of hydrogen-bond acceptors (Lipinski definition) is 5. The van der Waals surface area contributed by atoms with Crippen LogP contribution < -0.4 is 5.32 Å². The summed E-state index contributed by atoms with van der Waals surface area (Å²) in [6.07, 6.45) is 2.62. The van der Waals surface area contributed by atoms with Gasteiger partial charge in [-0.25, -0.2) is 13.2 Å². The van der Waals surface area contributed by atoms with Crippen molar-refractivity contribution in [2.45, 2.75) is 30.7 Å². The van der Waals surface area contributed by atoms with E-state index in [4.69, 9.17) is 16.3 Å². The molecule has 2 aromatic carbocycles. The first kappa shape index (κ1) is 21.9. The van der Waals surface area contributed by atoms with Gasteiger partial charge in [0.25, 0.3) is 5.91 Å². The molecule has 0 aromatic heterocycles. The lowest BCUT2D eigenvalue weighted by molar-refractivity contribution is -0.125. The molecule has 1 atom stereocenters. The van der Waals surface area contributed by atoms with Crippen LogP contribution >= 0.6 is 11.6 Å². The molecule has 0 saturated carbocycles. The zero-order chi connectivity index (χ0) is 20.7. The first-order chi connectivity index (χ1) is 13.2. The van der Waals surface area contributed by atoms with Crippen LogP contribution in [0, 0.1) is 0 Å². The van der Waals surface area contributed by atoms with Crippen LogP contribution in [0.15, 0.2) is 53.4 Å². The molecule has 1 unspecified atom stereocenters. The zero-order valence-corrected chi connectivity index (χ0v) is 17.2. The second kappa shape index (κ2) is 9.71. The van der Waals surface area contributed by atoms with Crippen molar-refractivity contribution in [1.29, 1.82) is 0 Å². The van der Waals surface area contributed by atoms with E-state index >= 15 is 0 Å². The number of halogens is 1. The lowest BCUT2D eigenvalue weighted by Crippen LogP contribution is -2.32. The molecular formula is C20H22ClNO5S. The standard InChI is InChI=1S/C20H22ClNO5S/c1-3-7-17(14-8-5-4-6-9-14)22-19(23)13-27-20(24)15-10-11-16(21)18(12-15)28(2,25)26/h4-6,8-12,17H,3,7,13H2,1-2H3,(H,22,23). The Morgan fingerprint density at radius 3 is 2.43 bits per heavy atom. The molecule has 150 valence electrons. The highest BCUT2D eigenvalue weighted by atomic mass is 35.5. The molecule has 0 aliphatic heterocycles. The first-order valence-corrected chi connectivity index (χ1v) is 11.0. The Bertz CT molecular complexity index is 944. The molecule has 2 aromatic rings. The molecule has 0 bridgehead atoms. The number of rotatable bonds is 8. The molecule has 8 heteroatoms. The van der Waals surface area contributed by atoms with Crippen molar-refractivity contribution in [2.75, 3.05) is 12.9 Å². The fraction of sp³-hybridized carbons (Fsp3) is 0.300. The van der Waals surface area contributed by atoms with Crippen molar-refractivity contribution in [2.24, 2.45) is 0 Å². The summed E-state index contributed by atoms with van der Waals surface area (Å²) in [4.78, 5) is 24.2. The average Bonchev–Trinajstić information content (AvgIpc) is 2.66. The predicted molar refractivity (Wildman–Crippen MR) is 107 cm³/mol. The van der Waals surface area contributed by atoms with Crippen LogP contribution in [0.1, 0.15) is 41.7 Å². The van der Waals surface area contributed by atoms with Crippen LogP contribution in [0.2, 0.25) is 5.02 Å². The van der Waals surface area contributed by atoms with Gasteiger partial charge < -0.3 is 10.1 Å². The largest absolute Gasteiger partial charge is 0.452 e. The summed E-state index contributed by atoms with van der Waals surface area (Å²) in [5.41, 5.74) is 0.977. The van der Waals surface area contributed by atoms with Gasteiger partial charge in [0, 0.05) is 6.26 Å². The summed E-state index contributed by atoms with van der Waals surface area (Å²) in [7, 11) is -3.59. The number of amides is 1. The Morgan fingerprint density at radius 1 is 1.14 bits per heavy atom. The number of esters is 1. The third-order valence-electron chi connectivity index (χ3n) is 4.02. The van der Waals surface area contributed by atoms with Gasteiger partial charge in [-0.15, -0.1) is 0 Å². The second-order valence-corrected chi connectivity index (χ2v) is 8.70. The summed E-state index contributed by atoms with van der Waals surface area (Å²) in [5.74, 6) is -1.24. The van der Waals surface area contributed by atoms with Crippen molar-refractivity contribution in [3.8, 4) is 0 Å². The van der Waals surface area contributed by atoms with Gasteiger partial charge in [-0.1, -0.05) is 55.3 Å². The highest BCUT2D eigenvalue weighted by Crippen LogP contribution is 2.23. The monoisotopic (exact) mass is 423 g/mol. The molecule has 0 radical (unpaired) electrons. The number of nitrogens with one attached hydrogen (secondary N) is 1. The van der Waals surface area contributed by atoms with Gasteiger partial charge in [0.05, 0.1) is 21.5 Å². The average molecular weight is 424 g/mol. The van der Waals surface area contributed by atoms with Crippen LogP contribution in [0.5, 0.6) is 0 Å². The number of carbonyl (C=O) groups excluding carboxylic acids is 2. The predicted octanol–water partition coefficient (Wildman–Crippen LogP) is 3.56. The molecule has 6 nitrogen and oxygen atoms in total. The Labute approximate surface area is 169 Å². The Morgan fingerprint density at radius 2 is 1.82 bits per heavy atom. The van der Waals surface area contributed by atoms with E-state index in [0.29, 0.717) is 0 Å². The third kappa shape index (κ3) is 6.07. The Balaban J connectivity index is 2.01. The number of ether oxygens (including phenoxy) is 1. The molecule has 0 heterocycles. The van der Waals surface area contributed by atoms with Crippen molar-refractivity contribution < 1.29 is 22.7 Å². The van der Waals surface area contributed by atoms with Crippen LogP contribution in [0.25, 0.3) is 0 Å². The van der Waals surface area contributed by atoms with Crippen molar-refractivity contribution in [3.63, 3.8) is 0 Å². The van der Waals surface area contributed by atoms with E-state index in [1.807, 2.05) is 37.3 Å². The van der Waals surface area contributed by atoms with E-state index < -0.39 is 28.3 Å². The van der Waals surface area contributed by atoms with Gasteiger partial charge in [0.15, 0.2) is 16.4 Å². The third-order valence-corrected chi connectivity index (χ3v) is 5.59. The summed E-state index contributed by atoms with van der Waals surface area (Å²) in [6.45, 7) is 1.55. The molecule has 0 spiro atoms. The van der Waals surface area contributed by atoms with E-state index in [9.17, 15) is 18.0 Å². The molecule has 1 amide bonds. The molecule has 0 saturated heterocycles. The van der Waals surface area contributed by atoms with Crippen molar-refractivity contribution in [1.82, 2.24) is 5.32 Å². The maximum Gasteiger partial charge on any atom is 0.338 e. The van der Waals surface area contributed by atoms with Gasteiger partial charge >= 0.3 is 5.97 Å². The number of benzene rings is 2. The minimum atomic E-state index is -3.59. The molecule has 0 fully saturated rings. The molecule has 1 N–H and O–H groups in total. The van der Waals surface area contributed by atoms with Crippen molar-refractivity contribution in [3.05, 3.63) is 64.7 Å². The lowest BCUT2D eigenvalue weighted by atomic mass is 10.0. The summed E-state index contributed by atoms with van der Waals surface area (Å²) < 4.78 is 28.4. The van der Waals surface area contributed by atoms with Gasteiger partial charge in [-0.05, 0) is 30.2 Å². The normalized spacial score (nSPS) is 12.2. The topological polar surface area (TPSA) is 89.5 Å². The molecular weight excluding hydrogens is 402 g/mol. The number of carbonyl (C=O) groups is 2. The number of hydrogen-bond donors (Lipinski definition) is 1. The quantitative estimate of drug-likeness (QED) is 0.655. The van der Waals surface area contributed by atoms with E-state index in [-0.39, 0.29) is 21.5 Å². The summed E-state index contributed by atoms with van der Waals surface area (Å²) >= 11 is 5.86. The fourth-order valence-corrected chi connectivity index (χ4v) is 3.96. The Kier molecular flexibility index (Phi) is 7.60. The fourth-order valence-electron chi connectivity index (χ4n) is 2.66. The van der Waals surface area contributed by atoms with Crippen molar-refractivity contribution >= 4 is 33.3 Å². The SMILES string of the molecule is CCCC(NC(=O)COC(=O)c1ccc(Cl)c(S(C)(=O)=O)c1)c1ccccc1. The maximum absolute atomic E-state index is 12.2. The van der Waals surface area contributed by atoms with Crippen LogP contribution in [-0.4, -0.2) is 33.2 Å². The first-order valence-electron chi connectivity index (χ1n) is 8.73. The highest BCUT2D eigenvalue weighted by molar-refractivity contribution is 7.90.